The molecule has 0 aliphatic carbocycles. The van der Waals surface area contributed by atoms with Crippen LogP contribution >= 0.6 is 0 Å². The molecule has 7 nitrogen and oxygen atoms in total. The van der Waals surface area contributed by atoms with Crippen molar-refractivity contribution in [1.29, 1.82) is 0 Å². The number of carboxylic acid groups (broad SMARTS) is 1. The molecule has 0 amide bonds. The maximum Gasteiger partial charge on any atom is 0.310 e. The first-order valence-electron chi connectivity index (χ1n) is 6.78. The van der Waals surface area contributed by atoms with Crippen LogP contribution in [0.5, 0.6) is 0 Å². The van der Waals surface area contributed by atoms with Crippen LogP contribution < -0.4 is 5.56 Å². The molecule has 3 rings (SSSR count). The molecule has 1 saturated heterocycles. The Hall–Kier alpha value is -2.28. The molecule has 1 atom stereocenters. The number of benzene rings is 1. The van der Waals surface area contributed by atoms with Gasteiger partial charge in [0.1, 0.15) is 5.52 Å². The number of carboxylic acids is 1. The van der Waals surface area contributed by atoms with E-state index in [4.69, 9.17) is 0 Å². The second-order valence-corrected chi connectivity index (χ2v) is 5.72. The number of rotatable bonds is 3. The lowest BCUT2D eigenvalue weighted by Gasteiger charge is -2.20. The summed E-state index contributed by atoms with van der Waals surface area (Å²) in [6.45, 7) is 3.02. The molecule has 1 aliphatic rings. The molecular weight excluding hydrogens is 272 g/mol. The van der Waals surface area contributed by atoms with Crippen molar-refractivity contribution in [3.63, 3.8) is 0 Å². The summed E-state index contributed by atoms with van der Waals surface area (Å²) in [4.78, 5) is 25.5. The van der Waals surface area contributed by atoms with Gasteiger partial charge in [0.15, 0.2) is 0 Å². The van der Waals surface area contributed by atoms with Crippen molar-refractivity contribution in [2.24, 2.45) is 5.41 Å². The molecule has 0 spiro atoms. The maximum absolute atomic E-state index is 12.3. The van der Waals surface area contributed by atoms with Gasteiger partial charge < -0.3 is 5.11 Å². The minimum Gasteiger partial charge on any atom is -0.481 e. The maximum atomic E-state index is 12.3. The Morgan fingerprint density at radius 1 is 1.43 bits per heavy atom. The summed E-state index contributed by atoms with van der Waals surface area (Å²) in [5, 5.41) is 17.7. The summed E-state index contributed by atoms with van der Waals surface area (Å²) in [5.41, 5.74) is -0.395. The molecule has 110 valence electrons. The number of hydrogen-bond donors (Lipinski definition) is 1. The first kappa shape index (κ1) is 13.7. The third kappa shape index (κ3) is 2.40. The third-order valence-corrected chi connectivity index (χ3v) is 4.03. The highest BCUT2D eigenvalue weighted by molar-refractivity contribution is 5.76. The van der Waals surface area contributed by atoms with Gasteiger partial charge in [-0.25, -0.2) is 0 Å². The topological polar surface area (TPSA) is 88.3 Å². The molecule has 21 heavy (non-hydrogen) atoms. The molecule has 7 heteroatoms. The first-order chi connectivity index (χ1) is 9.99. The molecule has 2 heterocycles. The smallest absolute Gasteiger partial charge is 0.310 e. The Balaban J connectivity index is 1.85. The summed E-state index contributed by atoms with van der Waals surface area (Å²) in [6, 6.07) is 7.05. The van der Waals surface area contributed by atoms with E-state index < -0.39 is 11.4 Å². The van der Waals surface area contributed by atoms with Crippen LogP contribution in [-0.4, -0.2) is 44.1 Å². The van der Waals surface area contributed by atoms with Gasteiger partial charge in [0.05, 0.1) is 17.5 Å². The largest absolute Gasteiger partial charge is 0.481 e. The van der Waals surface area contributed by atoms with Gasteiger partial charge in [-0.1, -0.05) is 17.3 Å². The number of aromatic nitrogens is 3. The van der Waals surface area contributed by atoms with Crippen LogP contribution in [0.25, 0.3) is 10.9 Å². The van der Waals surface area contributed by atoms with Crippen LogP contribution in [0, 0.1) is 5.41 Å². The number of fused-ring (bicyclic) bond motifs is 1. The van der Waals surface area contributed by atoms with E-state index in [0.717, 1.165) is 0 Å². The lowest BCUT2D eigenvalue weighted by molar-refractivity contribution is -0.147. The lowest BCUT2D eigenvalue weighted by atomic mass is 9.90. The molecule has 1 N–H and O–H groups in total. The zero-order valence-electron chi connectivity index (χ0n) is 11.7. The Bertz CT molecular complexity index is 757. The van der Waals surface area contributed by atoms with Crippen molar-refractivity contribution in [2.45, 2.75) is 20.0 Å². The van der Waals surface area contributed by atoms with Gasteiger partial charge in [0, 0.05) is 13.1 Å². The zero-order valence-corrected chi connectivity index (χ0v) is 11.7. The third-order valence-electron chi connectivity index (χ3n) is 4.03. The highest BCUT2D eigenvalue weighted by Crippen LogP contribution is 2.30. The summed E-state index contributed by atoms with van der Waals surface area (Å²) in [7, 11) is 0. The monoisotopic (exact) mass is 288 g/mol. The zero-order chi connectivity index (χ0) is 15.0. The summed E-state index contributed by atoms with van der Waals surface area (Å²) in [5.74, 6) is -0.804. The number of carbonyl (C=O) groups is 1. The van der Waals surface area contributed by atoms with Gasteiger partial charge >= 0.3 is 5.97 Å². The predicted octanol–water partition coefficient (Wildman–Crippen LogP) is 0.546. The number of likely N-dealkylation sites (tertiary alicyclic amines) is 1. The molecule has 1 aromatic carbocycles. The van der Waals surface area contributed by atoms with Crippen LogP contribution in [0.2, 0.25) is 0 Å². The molecule has 2 aromatic rings. The minimum atomic E-state index is -0.804. The van der Waals surface area contributed by atoms with Crippen molar-refractivity contribution in [3.05, 3.63) is 34.6 Å². The van der Waals surface area contributed by atoms with Gasteiger partial charge in [-0.15, -0.1) is 5.10 Å². The van der Waals surface area contributed by atoms with E-state index in [-0.39, 0.29) is 12.2 Å². The second-order valence-electron chi connectivity index (χ2n) is 5.72. The first-order valence-corrected chi connectivity index (χ1v) is 6.78. The highest BCUT2D eigenvalue weighted by atomic mass is 16.4. The Morgan fingerprint density at radius 2 is 2.19 bits per heavy atom. The second kappa shape index (κ2) is 4.92. The van der Waals surface area contributed by atoms with Gasteiger partial charge in [0.25, 0.3) is 5.56 Å². The Morgan fingerprint density at radius 3 is 2.90 bits per heavy atom. The van der Waals surface area contributed by atoms with E-state index in [1.807, 2.05) is 4.90 Å². The number of hydrogen-bond acceptors (Lipinski definition) is 5. The molecule has 0 bridgehead atoms. The van der Waals surface area contributed by atoms with Crippen LogP contribution in [-0.2, 0) is 11.5 Å². The molecular formula is C14H16N4O3. The van der Waals surface area contributed by atoms with Crippen molar-refractivity contribution >= 4 is 16.9 Å². The lowest BCUT2D eigenvalue weighted by Crippen LogP contribution is -2.36. The van der Waals surface area contributed by atoms with Crippen LogP contribution in [0.4, 0.5) is 0 Å². The van der Waals surface area contributed by atoms with Crippen LogP contribution in [0.1, 0.15) is 13.3 Å². The van der Waals surface area contributed by atoms with E-state index in [1.54, 1.807) is 31.2 Å². The number of aliphatic carboxylic acids is 1. The SMILES string of the molecule is CC1(C(=O)O)CCN(Cn2nnc3ccccc3c2=O)C1. The van der Waals surface area contributed by atoms with Crippen LogP contribution in [0.3, 0.4) is 0 Å². The fourth-order valence-corrected chi connectivity index (χ4v) is 2.66. The van der Waals surface area contributed by atoms with Crippen molar-refractivity contribution < 1.29 is 9.90 Å². The average molecular weight is 288 g/mol. The number of nitrogens with zero attached hydrogens (tertiary/aromatic N) is 4. The summed E-state index contributed by atoms with van der Waals surface area (Å²) >= 11 is 0. The normalized spacial score (nSPS) is 22.7. The van der Waals surface area contributed by atoms with Crippen molar-refractivity contribution in [3.8, 4) is 0 Å². The highest BCUT2D eigenvalue weighted by Gasteiger charge is 2.40. The molecule has 1 unspecified atom stereocenters. The molecule has 0 saturated carbocycles. The predicted molar refractivity (Wildman–Crippen MR) is 75.7 cm³/mol. The van der Waals surface area contributed by atoms with E-state index in [2.05, 4.69) is 10.3 Å². The van der Waals surface area contributed by atoms with Gasteiger partial charge in [0.2, 0.25) is 0 Å². The van der Waals surface area contributed by atoms with Crippen LogP contribution in [0.15, 0.2) is 29.1 Å². The van der Waals surface area contributed by atoms with E-state index in [1.165, 1.54) is 4.68 Å². The molecule has 1 aliphatic heterocycles. The fourth-order valence-electron chi connectivity index (χ4n) is 2.66. The van der Waals surface area contributed by atoms with Crippen molar-refractivity contribution in [1.82, 2.24) is 19.9 Å². The standard InChI is InChI=1S/C14H16N4O3/c1-14(13(20)21)6-7-17(8-14)9-18-12(19)10-4-2-3-5-11(10)15-16-18/h2-5H,6-9H2,1H3,(H,20,21). The van der Waals surface area contributed by atoms with Gasteiger partial charge in [-0.3, -0.25) is 14.5 Å². The quantitative estimate of drug-likeness (QED) is 0.887. The summed E-state index contributed by atoms with van der Waals surface area (Å²) in [6.07, 6.45) is 0.568. The Labute approximate surface area is 120 Å². The molecule has 1 fully saturated rings. The van der Waals surface area contributed by atoms with E-state index in [0.29, 0.717) is 30.4 Å². The summed E-state index contributed by atoms with van der Waals surface area (Å²) < 4.78 is 1.29. The van der Waals surface area contributed by atoms with Gasteiger partial charge in [-0.2, -0.15) is 4.68 Å². The molecule has 1 aromatic heterocycles. The Kier molecular flexibility index (Phi) is 3.21. The minimum absolute atomic E-state index is 0.204. The van der Waals surface area contributed by atoms with Crippen molar-refractivity contribution in [2.75, 3.05) is 13.1 Å². The van der Waals surface area contributed by atoms with E-state index in [9.17, 15) is 14.7 Å². The molecule has 0 radical (unpaired) electrons. The van der Waals surface area contributed by atoms with Gasteiger partial charge in [-0.05, 0) is 25.5 Å². The average Bonchev–Trinajstić information content (AvgIpc) is 2.85. The van der Waals surface area contributed by atoms with E-state index >= 15 is 0 Å². The fraction of sp³-hybridized carbons (Fsp3) is 0.429.